The lowest BCUT2D eigenvalue weighted by atomic mass is 10.2. The van der Waals surface area contributed by atoms with Gasteiger partial charge in [0.2, 0.25) is 0 Å². The van der Waals surface area contributed by atoms with Crippen molar-refractivity contribution in [3.05, 3.63) is 98.0 Å². The van der Waals surface area contributed by atoms with Gasteiger partial charge in [-0.2, -0.15) is 5.10 Å². The minimum atomic E-state index is -0.520. The molecule has 1 N–H and O–H groups in total. The fourth-order valence-corrected chi connectivity index (χ4v) is 3.77. The summed E-state index contributed by atoms with van der Waals surface area (Å²) in [5.74, 6) is -0.520. The van der Waals surface area contributed by atoms with Crippen LogP contribution in [0.5, 0.6) is 0 Å². The number of halogens is 2. The van der Waals surface area contributed by atoms with Crippen molar-refractivity contribution in [2.75, 3.05) is 0 Å². The molecule has 3 aromatic carbocycles. The molecule has 0 saturated heterocycles. The van der Waals surface area contributed by atoms with Crippen LogP contribution in [0.3, 0.4) is 0 Å². The van der Waals surface area contributed by atoms with Crippen LogP contribution in [0.15, 0.2) is 81.6 Å². The van der Waals surface area contributed by atoms with Crippen molar-refractivity contribution >= 4 is 52.8 Å². The van der Waals surface area contributed by atoms with Crippen LogP contribution in [0.1, 0.15) is 15.9 Å². The summed E-state index contributed by atoms with van der Waals surface area (Å²) in [7, 11) is 0. The number of amides is 1. The van der Waals surface area contributed by atoms with Crippen molar-refractivity contribution < 1.29 is 9.72 Å². The van der Waals surface area contributed by atoms with E-state index in [2.05, 4.69) is 10.5 Å². The highest BCUT2D eigenvalue weighted by molar-refractivity contribution is 7.99. The number of nitrogens with one attached hydrogen (secondary N) is 1. The first-order chi connectivity index (χ1) is 13.9. The van der Waals surface area contributed by atoms with Gasteiger partial charge in [0.05, 0.1) is 26.6 Å². The van der Waals surface area contributed by atoms with Gasteiger partial charge in [0, 0.05) is 21.5 Å². The number of benzene rings is 3. The molecule has 9 heteroatoms. The molecule has 0 aliphatic carbocycles. The Hall–Kier alpha value is -2.87. The number of nitro benzene ring substituents is 1. The zero-order valence-electron chi connectivity index (χ0n) is 14.7. The second-order valence-corrected chi connectivity index (χ2v) is 7.68. The minimum absolute atomic E-state index is 0.0464. The first-order valence-corrected chi connectivity index (χ1v) is 9.81. The Balaban J connectivity index is 1.74. The molecule has 0 atom stereocenters. The lowest BCUT2D eigenvalue weighted by molar-refractivity contribution is -0.387. The third-order valence-corrected chi connectivity index (χ3v) is 5.33. The molecular weight excluding hydrogens is 433 g/mol. The molecular formula is C20H13Cl2N3O3S. The number of nitro groups is 1. The van der Waals surface area contributed by atoms with Gasteiger partial charge in [-0.05, 0) is 36.4 Å². The number of nitrogens with zero attached hydrogens (tertiary/aromatic N) is 2. The average Bonchev–Trinajstić information content (AvgIpc) is 2.69. The normalized spacial score (nSPS) is 10.8. The standard InChI is InChI=1S/C20H13Cl2N3O3S/c21-14-7-8-16(17(22)11-14)20(26)24-23-12-13-6-9-19(18(10-13)25(27)28)29-15-4-2-1-3-5-15/h1-12H,(H,24,26)/b23-12+. The Labute approximate surface area is 180 Å². The van der Waals surface area contributed by atoms with Gasteiger partial charge in [0.25, 0.3) is 11.6 Å². The largest absolute Gasteiger partial charge is 0.283 e. The van der Waals surface area contributed by atoms with Crippen molar-refractivity contribution in [2.24, 2.45) is 5.10 Å². The third-order valence-electron chi connectivity index (χ3n) is 3.71. The molecule has 0 heterocycles. The Morgan fingerprint density at radius 1 is 1.07 bits per heavy atom. The van der Waals surface area contributed by atoms with Gasteiger partial charge in [0.1, 0.15) is 0 Å². The van der Waals surface area contributed by atoms with Gasteiger partial charge in [-0.25, -0.2) is 5.43 Å². The van der Waals surface area contributed by atoms with E-state index < -0.39 is 10.8 Å². The molecule has 146 valence electrons. The molecule has 3 rings (SSSR count). The SMILES string of the molecule is O=C(N/N=C/c1ccc(Sc2ccccc2)c([N+](=O)[O-])c1)c1ccc(Cl)cc1Cl. The van der Waals surface area contributed by atoms with Gasteiger partial charge in [-0.3, -0.25) is 14.9 Å². The Morgan fingerprint density at radius 3 is 2.52 bits per heavy atom. The van der Waals surface area contributed by atoms with Gasteiger partial charge in [-0.1, -0.05) is 59.2 Å². The fourth-order valence-electron chi connectivity index (χ4n) is 2.36. The van der Waals surface area contributed by atoms with E-state index in [0.29, 0.717) is 15.5 Å². The first kappa shape index (κ1) is 20.9. The number of hydrazone groups is 1. The summed E-state index contributed by atoms with van der Waals surface area (Å²) in [5.41, 5.74) is 2.98. The predicted octanol–water partition coefficient (Wildman–Crippen LogP) is 5.82. The molecule has 0 aromatic heterocycles. The zero-order valence-corrected chi connectivity index (χ0v) is 17.0. The van der Waals surface area contributed by atoms with E-state index in [-0.39, 0.29) is 16.3 Å². The smallest absolute Gasteiger partial charge is 0.267 e. The predicted molar refractivity (Wildman–Crippen MR) is 115 cm³/mol. The maximum absolute atomic E-state index is 12.1. The second-order valence-electron chi connectivity index (χ2n) is 5.72. The molecule has 0 spiro atoms. The summed E-state index contributed by atoms with van der Waals surface area (Å²) in [6, 6.07) is 18.6. The van der Waals surface area contributed by atoms with Crippen LogP contribution in [0.25, 0.3) is 0 Å². The van der Waals surface area contributed by atoms with Crippen molar-refractivity contribution in [3.8, 4) is 0 Å². The quantitative estimate of drug-likeness (QED) is 0.294. The number of carbonyl (C=O) groups is 1. The molecule has 0 saturated carbocycles. The number of hydrogen-bond donors (Lipinski definition) is 1. The van der Waals surface area contributed by atoms with Gasteiger partial charge in [-0.15, -0.1) is 0 Å². The Bertz CT molecular complexity index is 1090. The fraction of sp³-hybridized carbons (Fsp3) is 0. The van der Waals surface area contributed by atoms with Crippen molar-refractivity contribution in [1.82, 2.24) is 5.43 Å². The van der Waals surface area contributed by atoms with Crippen LogP contribution in [0.2, 0.25) is 10.0 Å². The highest BCUT2D eigenvalue weighted by Crippen LogP contribution is 2.35. The molecule has 0 unspecified atom stereocenters. The van der Waals surface area contributed by atoms with Crippen LogP contribution < -0.4 is 5.43 Å². The van der Waals surface area contributed by atoms with Crippen LogP contribution in [0, 0.1) is 10.1 Å². The van der Waals surface area contributed by atoms with E-state index in [0.717, 1.165) is 4.90 Å². The topological polar surface area (TPSA) is 84.6 Å². The molecule has 0 aliphatic rings. The molecule has 6 nitrogen and oxygen atoms in total. The highest BCUT2D eigenvalue weighted by Gasteiger charge is 2.15. The summed E-state index contributed by atoms with van der Waals surface area (Å²) >= 11 is 13.1. The average molecular weight is 446 g/mol. The van der Waals surface area contributed by atoms with Gasteiger partial charge in [0.15, 0.2) is 0 Å². The second kappa shape index (κ2) is 9.56. The molecule has 0 aliphatic heterocycles. The van der Waals surface area contributed by atoms with Crippen LogP contribution in [0.4, 0.5) is 5.69 Å². The van der Waals surface area contributed by atoms with Crippen LogP contribution in [-0.2, 0) is 0 Å². The molecule has 0 bridgehead atoms. The first-order valence-electron chi connectivity index (χ1n) is 8.24. The molecule has 0 fully saturated rings. The third kappa shape index (κ3) is 5.57. The summed E-state index contributed by atoms with van der Waals surface area (Å²) in [6.45, 7) is 0. The van der Waals surface area contributed by atoms with E-state index in [4.69, 9.17) is 23.2 Å². The molecule has 3 aromatic rings. The number of rotatable bonds is 6. The maximum Gasteiger partial charge on any atom is 0.283 e. The van der Waals surface area contributed by atoms with E-state index in [1.165, 1.54) is 36.2 Å². The monoisotopic (exact) mass is 445 g/mol. The summed E-state index contributed by atoms with van der Waals surface area (Å²) in [5, 5.41) is 15.9. The summed E-state index contributed by atoms with van der Waals surface area (Å²) in [4.78, 5) is 24.5. The summed E-state index contributed by atoms with van der Waals surface area (Å²) in [6.07, 6.45) is 1.33. The van der Waals surface area contributed by atoms with E-state index in [1.54, 1.807) is 18.2 Å². The van der Waals surface area contributed by atoms with E-state index in [9.17, 15) is 14.9 Å². The van der Waals surface area contributed by atoms with E-state index >= 15 is 0 Å². The summed E-state index contributed by atoms with van der Waals surface area (Å²) < 4.78 is 0. The van der Waals surface area contributed by atoms with Crippen molar-refractivity contribution in [3.63, 3.8) is 0 Å². The number of hydrogen-bond acceptors (Lipinski definition) is 5. The van der Waals surface area contributed by atoms with Crippen LogP contribution in [-0.4, -0.2) is 17.0 Å². The van der Waals surface area contributed by atoms with Crippen molar-refractivity contribution in [1.29, 1.82) is 0 Å². The Kier molecular flexibility index (Phi) is 6.87. The Morgan fingerprint density at radius 2 is 1.83 bits per heavy atom. The molecule has 0 radical (unpaired) electrons. The van der Waals surface area contributed by atoms with Gasteiger partial charge < -0.3 is 0 Å². The minimum Gasteiger partial charge on any atom is -0.267 e. The molecule has 1 amide bonds. The molecule has 29 heavy (non-hydrogen) atoms. The number of carbonyl (C=O) groups excluding carboxylic acids is 1. The van der Waals surface area contributed by atoms with E-state index in [1.807, 2.05) is 30.3 Å². The lowest BCUT2D eigenvalue weighted by Gasteiger charge is -2.05. The zero-order chi connectivity index (χ0) is 20.8. The van der Waals surface area contributed by atoms with Crippen LogP contribution >= 0.6 is 35.0 Å². The van der Waals surface area contributed by atoms with Gasteiger partial charge >= 0.3 is 0 Å². The highest BCUT2D eigenvalue weighted by atomic mass is 35.5. The van der Waals surface area contributed by atoms with Crippen molar-refractivity contribution in [2.45, 2.75) is 9.79 Å². The lowest BCUT2D eigenvalue weighted by Crippen LogP contribution is -2.18. The maximum atomic E-state index is 12.1.